The fraction of sp³-hybridized carbons (Fsp3) is 0.941. The van der Waals surface area contributed by atoms with E-state index in [0.717, 1.165) is 91.3 Å². The highest BCUT2D eigenvalue weighted by atomic mass is 127. The second kappa shape index (κ2) is 14.0. The van der Waals surface area contributed by atoms with E-state index >= 15 is 0 Å². The number of nitrogens with zero attached hydrogens (tertiary/aromatic N) is 3. The number of guanidine groups is 1. The lowest BCUT2D eigenvalue weighted by molar-refractivity contribution is 0.0323. The molecule has 0 aromatic carbocycles. The summed E-state index contributed by atoms with van der Waals surface area (Å²) in [7, 11) is 0. The van der Waals surface area contributed by atoms with E-state index in [0.29, 0.717) is 5.92 Å². The van der Waals surface area contributed by atoms with Gasteiger partial charge in [0, 0.05) is 58.9 Å². The van der Waals surface area contributed by atoms with Crippen molar-refractivity contribution in [3.63, 3.8) is 0 Å². The zero-order valence-corrected chi connectivity index (χ0v) is 18.2. The smallest absolute Gasteiger partial charge is 0.191 e. The quantitative estimate of drug-likeness (QED) is 0.306. The maximum atomic E-state index is 5.40. The maximum Gasteiger partial charge on any atom is 0.191 e. The first-order valence-corrected chi connectivity index (χ1v) is 9.40. The zero-order chi connectivity index (χ0) is 17.0. The minimum absolute atomic E-state index is 0. The van der Waals surface area contributed by atoms with Crippen LogP contribution in [0.3, 0.4) is 0 Å². The van der Waals surface area contributed by atoms with E-state index in [9.17, 15) is 0 Å². The molecule has 2 aliphatic heterocycles. The Morgan fingerprint density at radius 2 is 1.60 bits per heavy atom. The third-order valence-corrected chi connectivity index (χ3v) is 4.40. The van der Waals surface area contributed by atoms with Crippen molar-refractivity contribution in [3.05, 3.63) is 0 Å². The van der Waals surface area contributed by atoms with Crippen molar-refractivity contribution in [2.24, 2.45) is 10.9 Å². The van der Waals surface area contributed by atoms with Crippen molar-refractivity contribution in [1.82, 2.24) is 20.4 Å². The highest BCUT2D eigenvalue weighted by molar-refractivity contribution is 14.0. The third kappa shape index (κ3) is 9.93. The van der Waals surface area contributed by atoms with E-state index in [1.165, 1.54) is 0 Å². The van der Waals surface area contributed by atoms with E-state index in [4.69, 9.17) is 14.5 Å². The lowest BCUT2D eigenvalue weighted by Gasteiger charge is -2.28. The number of hydrogen-bond acceptors (Lipinski definition) is 5. The highest BCUT2D eigenvalue weighted by Crippen LogP contribution is 2.04. The Kier molecular flexibility index (Phi) is 12.8. The lowest BCUT2D eigenvalue weighted by Crippen LogP contribution is -2.44. The molecule has 0 spiro atoms. The number of morpholine rings is 2. The number of hydrogen-bond donors (Lipinski definition) is 2. The summed E-state index contributed by atoms with van der Waals surface area (Å²) in [5.74, 6) is 1.48. The van der Waals surface area contributed by atoms with E-state index in [1.54, 1.807) is 0 Å². The molecule has 1 unspecified atom stereocenters. The standard InChI is InChI=1S/C17H35N5O2.HI/c1-3-18-17(19-4-5-21-6-10-23-11-7-21)20-14-16(2)15-22-8-12-24-13-9-22;/h16H,3-15H2,1-2H3,(H2,18,19,20);1H. The van der Waals surface area contributed by atoms with Gasteiger partial charge >= 0.3 is 0 Å². The number of halogens is 1. The maximum absolute atomic E-state index is 5.40. The number of aliphatic imine (C=N–C) groups is 1. The third-order valence-electron chi connectivity index (χ3n) is 4.40. The lowest BCUT2D eigenvalue weighted by atomic mass is 10.1. The van der Waals surface area contributed by atoms with Crippen LogP contribution in [0.25, 0.3) is 0 Å². The predicted octanol–water partition coefficient (Wildman–Crippen LogP) is 0.460. The molecule has 2 saturated heterocycles. The Morgan fingerprint density at radius 3 is 2.20 bits per heavy atom. The minimum Gasteiger partial charge on any atom is -0.379 e. The number of ether oxygens (including phenoxy) is 2. The van der Waals surface area contributed by atoms with Crippen molar-refractivity contribution in [2.45, 2.75) is 13.8 Å². The molecule has 148 valence electrons. The first kappa shape index (κ1) is 22.9. The Hall–Kier alpha value is -0.160. The second-order valence-corrected chi connectivity index (χ2v) is 6.62. The molecule has 0 aromatic rings. The first-order valence-electron chi connectivity index (χ1n) is 9.40. The molecule has 0 saturated carbocycles. The van der Waals surface area contributed by atoms with Crippen molar-refractivity contribution >= 4 is 29.9 Å². The molecule has 25 heavy (non-hydrogen) atoms. The molecule has 0 aromatic heterocycles. The molecular weight excluding hydrogens is 433 g/mol. The van der Waals surface area contributed by atoms with E-state index in [2.05, 4.69) is 34.3 Å². The zero-order valence-electron chi connectivity index (χ0n) is 15.8. The van der Waals surface area contributed by atoms with Crippen LogP contribution in [-0.4, -0.2) is 101 Å². The van der Waals surface area contributed by atoms with E-state index < -0.39 is 0 Å². The fourth-order valence-corrected chi connectivity index (χ4v) is 3.03. The summed E-state index contributed by atoms with van der Waals surface area (Å²) in [6.07, 6.45) is 0. The molecular formula is C17H36IN5O2. The first-order chi connectivity index (χ1) is 11.8. The molecule has 2 heterocycles. The largest absolute Gasteiger partial charge is 0.379 e. The van der Waals surface area contributed by atoms with Crippen LogP contribution in [0.15, 0.2) is 4.99 Å². The Bertz CT molecular complexity index is 361. The summed E-state index contributed by atoms with van der Waals surface area (Å²) < 4.78 is 10.8. The summed E-state index contributed by atoms with van der Waals surface area (Å²) in [4.78, 5) is 9.66. The molecule has 0 amide bonds. The van der Waals surface area contributed by atoms with Gasteiger partial charge in [-0.1, -0.05) is 6.92 Å². The Morgan fingerprint density at radius 1 is 1.00 bits per heavy atom. The van der Waals surface area contributed by atoms with Gasteiger partial charge in [-0.3, -0.25) is 14.8 Å². The molecule has 0 aliphatic carbocycles. The van der Waals surface area contributed by atoms with Crippen LogP contribution in [0.2, 0.25) is 0 Å². The van der Waals surface area contributed by atoms with Gasteiger partial charge in [0.15, 0.2) is 5.96 Å². The Balaban J connectivity index is 0.00000312. The predicted molar refractivity (Wildman–Crippen MR) is 113 cm³/mol. The van der Waals surface area contributed by atoms with Gasteiger partial charge in [-0.25, -0.2) is 0 Å². The van der Waals surface area contributed by atoms with E-state index in [1.807, 2.05) is 0 Å². The summed E-state index contributed by atoms with van der Waals surface area (Å²) in [5.41, 5.74) is 0. The average molecular weight is 469 g/mol. The van der Waals surface area contributed by atoms with Crippen molar-refractivity contribution in [1.29, 1.82) is 0 Å². The normalized spacial score (nSPS) is 21.4. The van der Waals surface area contributed by atoms with Crippen molar-refractivity contribution < 1.29 is 9.47 Å². The number of nitrogens with one attached hydrogen (secondary N) is 2. The van der Waals surface area contributed by atoms with Crippen LogP contribution in [-0.2, 0) is 9.47 Å². The molecule has 0 bridgehead atoms. The molecule has 2 fully saturated rings. The van der Waals surface area contributed by atoms with Crippen LogP contribution < -0.4 is 10.6 Å². The van der Waals surface area contributed by atoms with Gasteiger partial charge in [0.2, 0.25) is 0 Å². The van der Waals surface area contributed by atoms with Gasteiger partial charge in [0.05, 0.1) is 26.4 Å². The van der Waals surface area contributed by atoms with Gasteiger partial charge in [0.25, 0.3) is 0 Å². The topological polar surface area (TPSA) is 61.4 Å². The SMILES string of the molecule is CCNC(=NCC(C)CN1CCOCC1)NCCN1CCOCC1.I. The highest BCUT2D eigenvalue weighted by Gasteiger charge is 2.14. The monoisotopic (exact) mass is 469 g/mol. The van der Waals surface area contributed by atoms with Gasteiger partial charge in [-0.15, -0.1) is 24.0 Å². The molecule has 2 rings (SSSR count). The second-order valence-electron chi connectivity index (χ2n) is 6.62. The molecule has 1 atom stereocenters. The van der Waals surface area contributed by atoms with Crippen LogP contribution in [0.5, 0.6) is 0 Å². The molecule has 7 nitrogen and oxygen atoms in total. The minimum atomic E-state index is 0. The summed E-state index contributed by atoms with van der Waals surface area (Å²) in [6, 6.07) is 0. The van der Waals surface area contributed by atoms with Crippen LogP contribution in [0, 0.1) is 5.92 Å². The average Bonchev–Trinajstić information content (AvgIpc) is 2.61. The van der Waals surface area contributed by atoms with Crippen molar-refractivity contribution in [3.8, 4) is 0 Å². The molecule has 2 aliphatic rings. The summed E-state index contributed by atoms with van der Waals surface area (Å²) >= 11 is 0. The van der Waals surface area contributed by atoms with Crippen LogP contribution >= 0.6 is 24.0 Å². The fourth-order valence-electron chi connectivity index (χ4n) is 3.03. The molecule has 2 N–H and O–H groups in total. The van der Waals surface area contributed by atoms with Crippen molar-refractivity contribution in [2.75, 3.05) is 85.3 Å². The Labute approximate surface area is 169 Å². The van der Waals surface area contributed by atoms with Gasteiger partial charge in [0.1, 0.15) is 0 Å². The van der Waals surface area contributed by atoms with Crippen LogP contribution in [0.4, 0.5) is 0 Å². The van der Waals surface area contributed by atoms with Gasteiger partial charge in [-0.2, -0.15) is 0 Å². The van der Waals surface area contributed by atoms with Gasteiger partial charge in [-0.05, 0) is 12.8 Å². The van der Waals surface area contributed by atoms with Crippen LogP contribution in [0.1, 0.15) is 13.8 Å². The summed E-state index contributed by atoms with van der Waals surface area (Å²) in [5, 5.41) is 6.79. The summed E-state index contributed by atoms with van der Waals surface area (Å²) in [6.45, 7) is 16.8. The molecule has 8 heteroatoms. The molecule has 0 radical (unpaired) electrons. The van der Waals surface area contributed by atoms with E-state index in [-0.39, 0.29) is 24.0 Å². The number of rotatable bonds is 8. The van der Waals surface area contributed by atoms with Gasteiger partial charge < -0.3 is 20.1 Å².